The van der Waals surface area contributed by atoms with E-state index in [2.05, 4.69) is 57.2 Å². The zero-order valence-electron chi connectivity index (χ0n) is 56.5. The van der Waals surface area contributed by atoms with Crippen molar-refractivity contribution in [3.05, 3.63) is 36.5 Å². The third-order valence-corrected chi connectivity index (χ3v) is 17.2. The maximum atomic E-state index is 13.3. The highest BCUT2D eigenvalue weighted by molar-refractivity contribution is 5.74. The van der Waals surface area contributed by atoms with Crippen LogP contribution in [0, 0.1) is 0 Å². The number of hydrogen-bond donors (Lipinski definition) is 3. The quantitative estimate of drug-likeness (QED) is 0.0228. The lowest BCUT2D eigenvalue weighted by Crippen LogP contribution is -2.61. The second kappa shape index (κ2) is 63.1. The number of aliphatic hydroxyl groups excluding tert-OH is 2. The van der Waals surface area contributed by atoms with Gasteiger partial charge in [-0.1, -0.05) is 288 Å². The molecule has 0 aromatic heterocycles. The largest absolute Gasteiger partial charge is 0.479 e. The highest BCUT2D eigenvalue weighted by Gasteiger charge is 2.50. The lowest BCUT2D eigenvalue weighted by molar-refractivity contribution is -0.301. The molecule has 6 atom stereocenters. The Morgan fingerprint density at radius 1 is 0.368 bits per heavy atom. The molecule has 0 aromatic carbocycles. The molecule has 1 rings (SSSR count). The summed E-state index contributed by atoms with van der Waals surface area (Å²) in [7, 11) is 0. The van der Waals surface area contributed by atoms with Crippen LogP contribution in [-0.2, 0) is 42.9 Å². The molecule has 0 bridgehead atoms. The summed E-state index contributed by atoms with van der Waals surface area (Å²) in [4.78, 5) is 51.6. The predicted molar refractivity (Wildman–Crippen MR) is 359 cm³/mol. The highest BCUT2D eigenvalue weighted by atomic mass is 16.7. The minimum Gasteiger partial charge on any atom is -0.479 e. The van der Waals surface area contributed by atoms with E-state index in [4.69, 9.17) is 23.7 Å². The lowest BCUT2D eigenvalue weighted by Gasteiger charge is -2.40. The molecule has 87 heavy (non-hydrogen) atoms. The van der Waals surface area contributed by atoms with Crippen LogP contribution in [0.2, 0.25) is 0 Å². The van der Waals surface area contributed by atoms with Gasteiger partial charge in [0, 0.05) is 19.3 Å². The highest BCUT2D eigenvalue weighted by Crippen LogP contribution is 2.27. The number of aliphatic hydroxyl groups is 2. The number of ether oxygens (including phenoxy) is 5. The average molecular weight is 1230 g/mol. The maximum absolute atomic E-state index is 13.3. The van der Waals surface area contributed by atoms with Crippen molar-refractivity contribution in [2.75, 3.05) is 13.2 Å². The van der Waals surface area contributed by atoms with Gasteiger partial charge in [0.15, 0.2) is 24.6 Å². The Balaban J connectivity index is 2.61. The van der Waals surface area contributed by atoms with E-state index in [-0.39, 0.29) is 25.9 Å². The summed E-state index contributed by atoms with van der Waals surface area (Å²) in [5, 5.41) is 31.7. The fourth-order valence-electron chi connectivity index (χ4n) is 11.5. The van der Waals surface area contributed by atoms with Gasteiger partial charge in [-0.25, -0.2) is 4.79 Å². The van der Waals surface area contributed by atoms with Crippen molar-refractivity contribution in [1.82, 2.24) is 0 Å². The molecule has 0 aliphatic carbocycles. The molecule has 1 aliphatic heterocycles. The Hall–Kier alpha value is -3.06. The molecular weight excluding hydrogens is 1090 g/mol. The third-order valence-electron chi connectivity index (χ3n) is 17.2. The van der Waals surface area contributed by atoms with Crippen molar-refractivity contribution in [2.45, 2.75) is 404 Å². The predicted octanol–water partition coefficient (Wildman–Crippen LogP) is 20.7. The molecular formula is C75H136O12. The van der Waals surface area contributed by atoms with Gasteiger partial charge in [0.05, 0.1) is 6.61 Å². The van der Waals surface area contributed by atoms with Gasteiger partial charge in [0.1, 0.15) is 18.8 Å². The lowest BCUT2D eigenvalue weighted by atomic mass is 9.98. The minimum atomic E-state index is -1.90. The second-order valence-corrected chi connectivity index (χ2v) is 25.6. The third kappa shape index (κ3) is 52.3. The van der Waals surface area contributed by atoms with Gasteiger partial charge in [0.25, 0.3) is 0 Å². The van der Waals surface area contributed by atoms with Gasteiger partial charge in [-0.05, 0) is 96.3 Å². The second-order valence-electron chi connectivity index (χ2n) is 25.6. The summed E-state index contributed by atoms with van der Waals surface area (Å²) < 4.78 is 28.7. The average Bonchev–Trinajstić information content (AvgIpc) is 2.56. The van der Waals surface area contributed by atoms with E-state index in [0.29, 0.717) is 19.3 Å². The van der Waals surface area contributed by atoms with Gasteiger partial charge in [-0.2, -0.15) is 0 Å². The molecule has 3 N–H and O–H groups in total. The monoisotopic (exact) mass is 1230 g/mol. The molecule has 12 nitrogen and oxygen atoms in total. The molecule has 0 amide bonds. The molecule has 1 aliphatic rings. The van der Waals surface area contributed by atoms with E-state index in [1.807, 2.05) is 0 Å². The molecule has 0 spiro atoms. The first-order valence-electron chi connectivity index (χ1n) is 37.0. The summed E-state index contributed by atoms with van der Waals surface area (Å²) in [5.41, 5.74) is 0. The normalized spacial score (nSPS) is 17.5. The zero-order valence-corrected chi connectivity index (χ0v) is 56.5. The number of carbonyl (C=O) groups is 4. The summed E-state index contributed by atoms with van der Waals surface area (Å²) in [6.45, 7) is 6.06. The van der Waals surface area contributed by atoms with Crippen LogP contribution in [0.4, 0.5) is 0 Å². The Labute approximate surface area is 533 Å². The molecule has 1 heterocycles. The number of unbranched alkanes of at least 4 members (excludes halogenated alkanes) is 45. The van der Waals surface area contributed by atoms with E-state index < -0.39 is 67.3 Å². The van der Waals surface area contributed by atoms with Crippen LogP contribution < -0.4 is 0 Å². The summed E-state index contributed by atoms with van der Waals surface area (Å²) >= 11 is 0. The van der Waals surface area contributed by atoms with Gasteiger partial charge in [-0.3, -0.25) is 14.4 Å². The van der Waals surface area contributed by atoms with Crippen LogP contribution in [0.25, 0.3) is 0 Å². The van der Waals surface area contributed by atoms with Crippen molar-refractivity contribution >= 4 is 23.9 Å². The Morgan fingerprint density at radius 2 is 0.655 bits per heavy atom. The van der Waals surface area contributed by atoms with Crippen molar-refractivity contribution in [3.63, 3.8) is 0 Å². The van der Waals surface area contributed by atoms with Gasteiger partial charge >= 0.3 is 23.9 Å². The number of hydrogen-bond acceptors (Lipinski definition) is 11. The molecule has 0 radical (unpaired) electrons. The fourth-order valence-corrected chi connectivity index (χ4v) is 11.5. The molecule has 12 heteroatoms. The summed E-state index contributed by atoms with van der Waals surface area (Å²) in [6, 6.07) is 0. The van der Waals surface area contributed by atoms with Crippen LogP contribution in [0.5, 0.6) is 0 Å². The van der Waals surface area contributed by atoms with E-state index in [0.717, 1.165) is 70.6 Å². The number of rotatable bonds is 65. The van der Waals surface area contributed by atoms with E-state index >= 15 is 0 Å². The first kappa shape index (κ1) is 82.0. The van der Waals surface area contributed by atoms with E-state index in [1.54, 1.807) is 0 Å². The maximum Gasteiger partial charge on any atom is 0.335 e. The standard InChI is InChI=1S/C75H136O12/c1-4-7-10-13-16-19-22-25-28-31-34-37-40-43-46-49-52-55-58-61-67(76)83-64-66(85-68(77)62-59-56-53-50-47-44-41-38-35-32-29-26-23-20-17-14-11-8-5-2)65-84-75-73(71(80)70(79)72(87-75)74(81)82)86-69(78)63-60-57-54-51-48-45-42-39-36-33-30-27-24-21-18-15-12-9-6-3/h25-30,66,70-73,75,79-80H,4-24,31-65H2,1-3H3,(H,81,82)/b28-25-,29-26-,30-27-. The van der Waals surface area contributed by atoms with Crippen LogP contribution in [0.3, 0.4) is 0 Å². The van der Waals surface area contributed by atoms with Gasteiger partial charge in [0.2, 0.25) is 0 Å². The van der Waals surface area contributed by atoms with Crippen LogP contribution in [-0.4, -0.2) is 89.2 Å². The van der Waals surface area contributed by atoms with E-state index in [1.165, 1.54) is 238 Å². The van der Waals surface area contributed by atoms with Crippen molar-refractivity contribution < 1.29 is 58.2 Å². The minimum absolute atomic E-state index is 0.0616. The number of allylic oxidation sites excluding steroid dienone is 6. The molecule has 6 unspecified atom stereocenters. The van der Waals surface area contributed by atoms with Crippen molar-refractivity contribution in [1.29, 1.82) is 0 Å². The molecule has 1 saturated heterocycles. The number of carboxylic acid groups (broad SMARTS) is 1. The fraction of sp³-hybridized carbons (Fsp3) is 0.867. The van der Waals surface area contributed by atoms with Crippen molar-refractivity contribution in [3.8, 4) is 0 Å². The van der Waals surface area contributed by atoms with Crippen LogP contribution in [0.1, 0.15) is 367 Å². The summed E-state index contributed by atoms with van der Waals surface area (Å²) in [6.07, 6.45) is 65.2. The first-order chi connectivity index (χ1) is 42.6. The zero-order chi connectivity index (χ0) is 63.1. The molecule has 1 fully saturated rings. The molecule has 0 saturated carbocycles. The van der Waals surface area contributed by atoms with Gasteiger partial charge in [-0.15, -0.1) is 0 Å². The molecule has 508 valence electrons. The van der Waals surface area contributed by atoms with Gasteiger partial charge < -0.3 is 39.0 Å². The van der Waals surface area contributed by atoms with Crippen molar-refractivity contribution in [2.24, 2.45) is 0 Å². The van der Waals surface area contributed by atoms with E-state index in [9.17, 15) is 34.5 Å². The smallest absolute Gasteiger partial charge is 0.335 e. The topological polar surface area (TPSA) is 175 Å². The first-order valence-corrected chi connectivity index (χ1v) is 37.0. The number of esters is 3. The SMILES string of the molecule is CCCCCCCC/C=C\CCCCCCCCCCCC(=O)OCC(COC1OC(C(=O)O)C(O)C(O)C1OC(=O)CCCCCCCCCCC/C=C\CCCCCCCC)OC(=O)CCCCCCCCCCC/C=C\CCCCCCCC. The molecule has 0 aromatic rings. The van der Waals surface area contributed by atoms with Crippen LogP contribution in [0.15, 0.2) is 36.5 Å². The number of carboxylic acids is 1. The summed E-state index contributed by atoms with van der Waals surface area (Å²) in [5.74, 6) is -3.08. The Morgan fingerprint density at radius 3 is 0.977 bits per heavy atom. The Bertz CT molecular complexity index is 1650. The Kier molecular flexibility index (Phi) is 59.4. The van der Waals surface area contributed by atoms with Crippen LogP contribution >= 0.6 is 0 Å². The number of carbonyl (C=O) groups excluding carboxylic acids is 3. The number of aliphatic carboxylic acids is 1.